The van der Waals surface area contributed by atoms with Crippen LogP contribution < -0.4 is 10.0 Å². The number of carbonyl (C=O) groups is 1. The number of benzene rings is 2. The molecule has 0 atom stereocenters. The molecule has 0 fully saturated rings. The summed E-state index contributed by atoms with van der Waals surface area (Å²) >= 11 is 6.01. The molecular weight excluding hydrogens is 433 g/mol. The summed E-state index contributed by atoms with van der Waals surface area (Å²) in [6.07, 6.45) is 2.71. The van der Waals surface area contributed by atoms with Crippen LogP contribution in [-0.2, 0) is 10.0 Å². The number of nitrogens with zero attached hydrogens (tertiary/aromatic N) is 1. The summed E-state index contributed by atoms with van der Waals surface area (Å²) in [5, 5.41) is 2.96. The molecule has 0 saturated carbocycles. The van der Waals surface area contributed by atoms with E-state index in [-0.39, 0.29) is 38.0 Å². The molecule has 0 bridgehead atoms. The van der Waals surface area contributed by atoms with Gasteiger partial charge in [-0.05, 0) is 54.6 Å². The van der Waals surface area contributed by atoms with Gasteiger partial charge in [-0.25, -0.2) is 12.8 Å². The minimum absolute atomic E-state index is 0.0411. The number of nitrogens with one attached hydrogen (secondary N) is 2. The molecule has 2 N–H and O–H groups in total. The number of anilines is 2. The number of rotatable bonds is 5. The summed E-state index contributed by atoms with van der Waals surface area (Å²) in [5.41, 5.74) is 0.125. The Labute approximate surface area is 175 Å². The van der Waals surface area contributed by atoms with Crippen LogP contribution in [0.3, 0.4) is 0 Å². The van der Waals surface area contributed by atoms with Crippen molar-refractivity contribution in [2.45, 2.75) is 4.90 Å². The first-order valence-corrected chi connectivity index (χ1v) is 10.4. The smallest absolute Gasteiger partial charge is 0.291 e. The van der Waals surface area contributed by atoms with Crippen LogP contribution in [0.5, 0.6) is 0 Å². The van der Waals surface area contributed by atoms with Crippen molar-refractivity contribution in [3.8, 4) is 0 Å². The molecule has 10 heteroatoms. The standard InChI is InChI=1S/C20H13ClFN3O4S/c21-12-5-7-15(16(11-12)24-20(26)17-4-2-10-29-17)25-30(27,28)18-8-6-14(22)19-13(18)3-1-9-23-19/h1-11,25H,(H,24,26). The largest absolute Gasteiger partial charge is 0.459 e. The lowest BCUT2D eigenvalue weighted by molar-refractivity contribution is 0.0996. The molecular formula is C20H13ClFN3O4S. The average molecular weight is 446 g/mol. The fourth-order valence-corrected chi connectivity index (χ4v) is 4.30. The second kappa shape index (κ2) is 7.77. The Bertz CT molecular complexity index is 1360. The van der Waals surface area contributed by atoms with Gasteiger partial charge in [0.15, 0.2) is 5.76 Å². The molecule has 7 nitrogen and oxygen atoms in total. The highest BCUT2D eigenvalue weighted by atomic mass is 35.5. The number of fused-ring (bicyclic) bond motifs is 1. The van der Waals surface area contributed by atoms with Crippen LogP contribution in [0.2, 0.25) is 5.02 Å². The third kappa shape index (κ3) is 3.85. The van der Waals surface area contributed by atoms with Gasteiger partial charge in [-0.2, -0.15) is 0 Å². The highest BCUT2D eigenvalue weighted by Gasteiger charge is 2.22. The van der Waals surface area contributed by atoms with Gasteiger partial charge in [0, 0.05) is 16.6 Å². The highest BCUT2D eigenvalue weighted by Crippen LogP contribution is 2.31. The Hall–Kier alpha value is -3.43. The number of sulfonamides is 1. The summed E-state index contributed by atoms with van der Waals surface area (Å²) in [4.78, 5) is 16.1. The van der Waals surface area contributed by atoms with Gasteiger partial charge in [0.1, 0.15) is 11.3 Å². The van der Waals surface area contributed by atoms with Crippen molar-refractivity contribution >= 4 is 49.8 Å². The monoisotopic (exact) mass is 445 g/mol. The number of aromatic nitrogens is 1. The number of furan rings is 1. The van der Waals surface area contributed by atoms with Crippen LogP contribution in [0, 0.1) is 5.82 Å². The van der Waals surface area contributed by atoms with Crippen molar-refractivity contribution in [2.24, 2.45) is 0 Å². The Morgan fingerprint density at radius 3 is 2.67 bits per heavy atom. The molecule has 0 radical (unpaired) electrons. The molecule has 30 heavy (non-hydrogen) atoms. The molecule has 4 aromatic rings. The molecule has 2 heterocycles. The second-order valence-electron chi connectivity index (χ2n) is 6.17. The fourth-order valence-electron chi connectivity index (χ4n) is 2.85. The number of hydrogen-bond acceptors (Lipinski definition) is 5. The van der Waals surface area contributed by atoms with Crippen LogP contribution in [0.25, 0.3) is 10.9 Å². The summed E-state index contributed by atoms with van der Waals surface area (Å²) in [5.74, 6) is -1.18. The summed E-state index contributed by atoms with van der Waals surface area (Å²) in [6.45, 7) is 0. The van der Waals surface area contributed by atoms with Crippen molar-refractivity contribution < 1.29 is 22.0 Å². The summed E-state index contributed by atoms with van der Waals surface area (Å²) in [7, 11) is -4.16. The molecule has 152 valence electrons. The van der Waals surface area contributed by atoms with E-state index in [2.05, 4.69) is 15.0 Å². The van der Waals surface area contributed by atoms with Crippen LogP contribution >= 0.6 is 11.6 Å². The van der Waals surface area contributed by atoms with E-state index in [9.17, 15) is 17.6 Å². The number of pyridine rings is 1. The quantitative estimate of drug-likeness (QED) is 0.464. The predicted octanol–water partition coefficient (Wildman–Crippen LogP) is 4.67. The van der Waals surface area contributed by atoms with Crippen LogP contribution in [0.4, 0.5) is 15.8 Å². The Morgan fingerprint density at radius 1 is 1.07 bits per heavy atom. The van der Waals surface area contributed by atoms with Crippen LogP contribution in [0.15, 0.2) is 76.4 Å². The SMILES string of the molecule is O=C(Nc1cc(Cl)ccc1NS(=O)(=O)c1ccc(F)c2ncccc12)c1ccco1. The molecule has 0 spiro atoms. The van der Waals surface area contributed by atoms with Gasteiger partial charge in [0.05, 0.1) is 22.5 Å². The van der Waals surface area contributed by atoms with Gasteiger partial charge in [-0.15, -0.1) is 0 Å². The third-order valence-corrected chi connectivity index (χ3v) is 5.85. The molecule has 0 saturated heterocycles. The van der Waals surface area contributed by atoms with E-state index < -0.39 is 21.7 Å². The first kappa shape index (κ1) is 19.9. The lowest BCUT2D eigenvalue weighted by Crippen LogP contribution is -2.17. The minimum Gasteiger partial charge on any atom is -0.459 e. The normalized spacial score (nSPS) is 11.4. The van der Waals surface area contributed by atoms with E-state index in [4.69, 9.17) is 16.0 Å². The number of carbonyl (C=O) groups excluding carboxylic acids is 1. The van der Waals surface area contributed by atoms with Crippen molar-refractivity contribution in [2.75, 3.05) is 10.0 Å². The van der Waals surface area contributed by atoms with Gasteiger partial charge in [-0.1, -0.05) is 11.6 Å². The maximum absolute atomic E-state index is 14.0. The van der Waals surface area contributed by atoms with Gasteiger partial charge >= 0.3 is 0 Å². The van der Waals surface area contributed by atoms with Crippen LogP contribution in [0.1, 0.15) is 10.6 Å². The number of halogens is 2. The van der Waals surface area contributed by atoms with E-state index in [1.165, 1.54) is 48.9 Å². The first-order valence-electron chi connectivity index (χ1n) is 8.55. The molecule has 1 amide bonds. The van der Waals surface area contributed by atoms with Gasteiger partial charge in [-0.3, -0.25) is 14.5 Å². The average Bonchev–Trinajstić information content (AvgIpc) is 3.25. The highest BCUT2D eigenvalue weighted by molar-refractivity contribution is 7.93. The third-order valence-electron chi connectivity index (χ3n) is 4.19. The lowest BCUT2D eigenvalue weighted by atomic mass is 10.2. The Morgan fingerprint density at radius 2 is 1.90 bits per heavy atom. The zero-order valence-electron chi connectivity index (χ0n) is 15.1. The van der Waals surface area contributed by atoms with Gasteiger partial charge in [0.25, 0.3) is 15.9 Å². The van der Waals surface area contributed by atoms with E-state index >= 15 is 0 Å². The molecule has 0 aliphatic carbocycles. The van der Waals surface area contributed by atoms with Crippen molar-refractivity contribution in [1.82, 2.24) is 4.98 Å². The number of amides is 1. The summed E-state index contributed by atoms with van der Waals surface area (Å²) in [6, 6.07) is 12.4. The van der Waals surface area contributed by atoms with E-state index in [0.29, 0.717) is 0 Å². The second-order valence-corrected chi connectivity index (χ2v) is 8.26. The van der Waals surface area contributed by atoms with Crippen LogP contribution in [-0.4, -0.2) is 19.3 Å². The molecule has 0 aliphatic heterocycles. The number of hydrogen-bond donors (Lipinski definition) is 2. The predicted molar refractivity (Wildman–Crippen MR) is 111 cm³/mol. The van der Waals surface area contributed by atoms with Crippen molar-refractivity contribution in [3.63, 3.8) is 0 Å². The van der Waals surface area contributed by atoms with Gasteiger partial charge in [0.2, 0.25) is 0 Å². The fraction of sp³-hybridized carbons (Fsp3) is 0. The van der Waals surface area contributed by atoms with E-state index in [0.717, 1.165) is 12.1 Å². The van der Waals surface area contributed by atoms with Crippen molar-refractivity contribution in [1.29, 1.82) is 0 Å². The van der Waals surface area contributed by atoms with E-state index in [1.54, 1.807) is 6.07 Å². The zero-order valence-corrected chi connectivity index (χ0v) is 16.7. The molecule has 0 unspecified atom stereocenters. The first-order chi connectivity index (χ1) is 14.3. The van der Waals surface area contributed by atoms with Gasteiger partial charge < -0.3 is 9.73 Å². The molecule has 4 rings (SSSR count). The zero-order chi connectivity index (χ0) is 21.3. The lowest BCUT2D eigenvalue weighted by Gasteiger charge is -2.15. The maximum atomic E-state index is 14.0. The summed E-state index contributed by atoms with van der Waals surface area (Å²) < 4.78 is 47.6. The Kier molecular flexibility index (Phi) is 5.15. The molecule has 0 aliphatic rings. The molecule has 2 aromatic carbocycles. The Balaban J connectivity index is 1.72. The minimum atomic E-state index is -4.16. The maximum Gasteiger partial charge on any atom is 0.291 e. The van der Waals surface area contributed by atoms with Crippen molar-refractivity contribution in [3.05, 3.63) is 83.7 Å². The molecule has 2 aromatic heterocycles. The topological polar surface area (TPSA) is 101 Å². The van der Waals surface area contributed by atoms with E-state index in [1.807, 2.05) is 0 Å².